The zero-order chi connectivity index (χ0) is 19.6. The van der Waals surface area contributed by atoms with Gasteiger partial charge in [0.2, 0.25) is 5.91 Å². The molecule has 1 amide bonds. The Kier molecular flexibility index (Phi) is 5.99. The van der Waals surface area contributed by atoms with Crippen molar-refractivity contribution in [1.29, 1.82) is 0 Å². The zero-order valence-electron chi connectivity index (χ0n) is 15.8. The van der Waals surface area contributed by atoms with Gasteiger partial charge in [-0.3, -0.25) is 9.69 Å². The van der Waals surface area contributed by atoms with Crippen LogP contribution >= 0.6 is 0 Å². The van der Waals surface area contributed by atoms with Crippen LogP contribution in [0.25, 0.3) is 0 Å². The molecule has 7 heteroatoms. The fraction of sp³-hybridized carbons (Fsp3) is 0.650. The van der Waals surface area contributed by atoms with Gasteiger partial charge in [0.05, 0.1) is 12.0 Å². The fourth-order valence-electron chi connectivity index (χ4n) is 4.45. The Balaban J connectivity index is 1.69. The molecule has 0 aromatic heterocycles. The van der Waals surface area contributed by atoms with Crippen LogP contribution in [0.2, 0.25) is 0 Å². The summed E-state index contributed by atoms with van der Waals surface area (Å²) < 4.78 is 38.4. The van der Waals surface area contributed by atoms with Crippen LogP contribution in [0, 0.1) is 0 Å². The molecule has 2 aliphatic rings. The van der Waals surface area contributed by atoms with Gasteiger partial charge >= 0.3 is 6.18 Å². The number of hydrogen-bond donors (Lipinski definition) is 1. The molecular formula is C20H28F3N3O. The first-order valence-electron chi connectivity index (χ1n) is 9.72. The second kappa shape index (κ2) is 8.09. The van der Waals surface area contributed by atoms with Crippen LogP contribution in [0.4, 0.5) is 18.9 Å². The maximum absolute atomic E-state index is 12.8. The molecule has 27 heavy (non-hydrogen) atoms. The lowest BCUT2D eigenvalue weighted by molar-refractivity contribution is -0.137. The number of anilines is 1. The Morgan fingerprint density at radius 1 is 1.19 bits per heavy atom. The van der Waals surface area contributed by atoms with E-state index in [1.807, 2.05) is 7.05 Å². The number of hydrogen-bond acceptors (Lipinski definition) is 3. The highest BCUT2D eigenvalue weighted by Crippen LogP contribution is 2.32. The summed E-state index contributed by atoms with van der Waals surface area (Å²) in [7, 11) is 1.82. The number of halogens is 3. The monoisotopic (exact) mass is 383 g/mol. The first-order chi connectivity index (χ1) is 12.8. The van der Waals surface area contributed by atoms with Gasteiger partial charge in [0.25, 0.3) is 0 Å². The molecule has 1 aromatic carbocycles. The van der Waals surface area contributed by atoms with Crippen LogP contribution < -0.4 is 5.73 Å². The normalized spacial score (nSPS) is 24.1. The standard InChI is InChI=1S/C20H28F3N3O/c1-25(17-6-2-3-7-18(17)26-10-4-5-11-26)19(27)12-14-8-9-15(13-16(14)24)20(21,22)23/h8-9,13,17-18H,2-7,10-12,24H2,1H3/t17-,18-/m0/s1. The zero-order valence-corrected chi connectivity index (χ0v) is 15.8. The van der Waals surface area contributed by atoms with Crippen LogP contribution in [-0.4, -0.2) is 47.9 Å². The third-order valence-electron chi connectivity index (χ3n) is 6.01. The smallest absolute Gasteiger partial charge is 0.398 e. The average Bonchev–Trinajstić information content (AvgIpc) is 3.16. The van der Waals surface area contributed by atoms with Crippen molar-refractivity contribution in [2.24, 2.45) is 0 Å². The Morgan fingerprint density at radius 2 is 1.85 bits per heavy atom. The molecule has 1 saturated heterocycles. The van der Waals surface area contributed by atoms with E-state index in [-0.39, 0.29) is 24.1 Å². The van der Waals surface area contributed by atoms with Crippen molar-refractivity contribution in [2.75, 3.05) is 25.9 Å². The van der Waals surface area contributed by atoms with Gasteiger partial charge in [0.15, 0.2) is 0 Å². The van der Waals surface area contributed by atoms with Crippen LogP contribution in [0.1, 0.15) is 49.7 Å². The molecule has 4 nitrogen and oxygen atoms in total. The maximum Gasteiger partial charge on any atom is 0.416 e. The van der Waals surface area contributed by atoms with Gasteiger partial charge in [-0.2, -0.15) is 13.2 Å². The lowest BCUT2D eigenvalue weighted by Crippen LogP contribution is -2.53. The van der Waals surface area contributed by atoms with Crippen LogP contribution in [0.15, 0.2) is 18.2 Å². The van der Waals surface area contributed by atoms with Crippen LogP contribution in [-0.2, 0) is 17.4 Å². The largest absolute Gasteiger partial charge is 0.416 e. The molecule has 1 heterocycles. The number of nitrogens with zero attached hydrogens (tertiary/aromatic N) is 2. The summed E-state index contributed by atoms with van der Waals surface area (Å²) in [5.41, 5.74) is 5.48. The molecule has 1 saturated carbocycles. The molecule has 0 unspecified atom stereocenters. The molecule has 1 aliphatic carbocycles. The van der Waals surface area contributed by atoms with Gasteiger partial charge in [-0.25, -0.2) is 0 Å². The van der Waals surface area contributed by atoms with Crippen molar-refractivity contribution < 1.29 is 18.0 Å². The molecule has 0 spiro atoms. The number of likely N-dealkylation sites (N-methyl/N-ethyl adjacent to an activating group) is 1. The Bertz CT molecular complexity index is 671. The van der Waals surface area contributed by atoms with E-state index in [0.717, 1.165) is 44.5 Å². The van der Waals surface area contributed by atoms with Crippen LogP contribution in [0.5, 0.6) is 0 Å². The second-order valence-electron chi connectivity index (χ2n) is 7.76. The molecule has 2 N–H and O–H groups in total. The Labute approximate surface area is 158 Å². The van der Waals surface area contributed by atoms with E-state index in [1.54, 1.807) is 4.90 Å². The summed E-state index contributed by atoms with van der Waals surface area (Å²) in [4.78, 5) is 17.1. The molecular weight excluding hydrogens is 355 g/mol. The highest BCUT2D eigenvalue weighted by Gasteiger charge is 2.36. The van der Waals surface area contributed by atoms with Gasteiger partial charge in [-0.05, 0) is 56.5 Å². The van der Waals surface area contributed by atoms with E-state index in [4.69, 9.17) is 5.73 Å². The van der Waals surface area contributed by atoms with Crippen LogP contribution in [0.3, 0.4) is 0 Å². The van der Waals surface area contributed by atoms with Gasteiger partial charge in [-0.1, -0.05) is 18.9 Å². The Hall–Kier alpha value is -1.76. The SMILES string of the molecule is CN(C(=O)Cc1ccc(C(F)(F)F)cc1N)[C@H]1CCCC[C@@H]1N1CCCC1. The minimum Gasteiger partial charge on any atom is -0.398 e. The topological polar surface area (TPSA) is 49.6 Å². The highest BCUT2D eigenvalue weighted by molar-refractivity contribution is 5.80. The minimum atomic E-state index is -4.43. The van der Waals surface area contributed by atoms with Crippen molar-refractivity contribution in [3.05, 3.63) is 29.3 Å². The predicted molar refractivity (Wildman–Crippen MR) is 99.2 cm³/mol. The van der Waals surface area contributed by atoms with E-state index >= 15 is 0 Å². The third-order valence-corrected chi connectivity index (χ3v) is 6.01. The first-order valence-corrected chi connectivity index (χ1v) is 9.72. The van der Waals surface area contributed by atoms with E-state index in [2.05, 4.69) is 4.90 Å². The number of rotatable bonds is 4. The number of carbonyl (C=O) groups excluding carboxylic acids is 1. The van der Waals surface area contributed by atoms with Crippen molar-refractivity contribution >= 4 is 11.6 Å². The molecule has 2 fully saturated rings. The highest BCUT2D eigenvalue weighted by atomic mass is 19.4. The number of benzene rings is 1. The average molecular weight is 383 g/mol. The quantitative estimate of drug-likeness (QED) is 0.807. The summed E-state index contributed by atoms with van der Waals surface area (Å²) in [5.74, 6) is -0.0856. The summed E-state index contributed by atoms with van der Waals surface area (Å²) in [6.07, 6.45) is 2.39. The fourth-order valence-corrected chi connectivity index (χ4v) is 4.45. The summed E-state index contributed by atoms with van der Waals surface area (Å²) in [6, 6.07) is 3.78. The molecule has 1 aliphatic heterocycles. The molecule has 1 aromatic rings. The predicted octanol–water partition coefficient (Wildman–Crippen LogP) is 3.70. The molecule has 0 bridgehead atoms. The van der Waals surface area contributed by atoms with Gasteiger partial charge in [-0.15, -0.1) is 0 Å². The molecule has 3 rings (SSSR count). The van der Waals surface area contributed by atoms with Crippen molar-refractivity contribution in [3.8, 4) is 0 Å². The van der Waals surface area contributed by atoms with Crippen molar-refractivity contribution in [3.63, 3.8) is 0 Å². The number of carbonyl (C=O) groups is 1. The molecule has 2 atom stereocenters. The van der Waals surface area contributed by atoms with Gasteiger partial charge in [0.1, 0.15) is 0 Å². The first kappa shape index (κ1) is 20.0. The lowest BCUT2D eigenvalue weighted by atomic mass is 9.88. The molecule has 150 valence electrons. The number of amides is 1. The van der Waals surface area contributed by atoms with E-state index in [0.29, 0.717) is 11.6 Å². The molecule has 0 radical (unpaired) electrons. The summed E-state index contributed by atoms with van der Waals surface area (Å²) in [5, 5.41) is 0. The third kappa shape index (κ3) is 4.57. The summed E-state index contributed by atoms with van der Waals surface area (Å²) in [6.45, 7) is 2.18. The van der Waals surface area contributed by atoms with E-state index in [9.17, 15) is 18.0 Å². The second-order valence-corrected chi connectivity index (χ2v) is 7.76. The van der Waals surface area contributed by atoms with Crippen molar-refractivity contribution in [1.82, 2.24) is 9.80 Å². The Morgan fingerprint density at radius 3 is 2.48 bits per heavy atom. The summed E-state index contributed by atoms with van der Waals surface area (Å²) >= 11 is 0. The minimum absolute atomic E-state index is 0.0197. The lowest BCUT2D eigenvalue weighted by Gasteiger charge is -2.42. The number of alkyl halides is 3. The number of nitrogens with two attached hydrogens (primary N) is 1. The van der Waals surface area contributed by atoms with Gasteiger partial charge in [0, 0.05) is 24.8 Å². The van der Waals surface area contributed by atoms with Crippen molar-refractivity contribution in [2.45, 2.75) is 63.2 Å². The van der Waals surface area contributed by atoms with E-state index in [1.165, 1.54) is 25.3 Å². The van der Waals surface area contributed by atoms with E-state index < -0.39 is 11.7 Å². The maximum atomic E-state index is 12.8. The van der Waals surface area contributed by atoms with Gasteiger partial charge < -0.3 is 10.6 Å². The number of nitrogen functional groups attached to an aromatic ring is 1. The number of likely N-dealkylation sites (tertiary alicyclic amines) is 1.